The van der Waals surface area contributed by atoms with Gasteiger partial charge in [-0.1, -0.05) is 66.7 Å². The summed E-state index contributed by atoms with van der Waals surface area (Å²) in [6, 6.07) is 21.1. The van der Waals surface area contributed by atoms with Gasteiger partial charge in [0.25, 0.3) is 11.7 Å². The molecule has 0 saturated carbocycles. The van der Waals surface area contributed by atoms with Gasteiger partial charge in [-0.3, -0.25) is 14.6 Å². The molecular formula is C23H18N2O3. The van der Waals surface area contributed by atoms with E-state index >= 15 is 0 Å². The second-order valence-corrected chi connectivity index (χ2v) is 6.56. The summed E-state index contributed by atoms with van der Waals surface area (Å²) in [5, 5.41) is 10.9. The zero-order valence-corrected chi connectivity index (χ0v) is 15.0. The summed E-state index contributed by atoms with van der Waals surface area (Å²) in [5.74, 6) is -1.48. The van der Waals surface area contributed by atoms with E-state index in [0.717, 1.165) is 11.1 Å². The number of aliphatic hydroxyl groups excluding tert-OH is 1. The predicted molar refractivity (Wildman–Crippen MR) is 105 cm³/mol. The Morgan fingerprint density at radius 3 is 2.25 bits per heavy atom. The molecule has 1 saturated heterocycles. The van der Waals surface area contributed by atoms with Crippen molar-refractivity contribution in [1.29, 1.82) is 0 Å². The molecule has 1 aromatic heterocycles. The number of amides is 1. The summed E-state index contributed by atoms with van der Waals surface area (Å²) < 4.78 is 0. The number of carbonyl (C=O) groups is 2. The maximum atomic E-state index is 12.9. The average molecular weight is 370 g/mol. The number of hydrogen-bond donors (Lipinski definition) is 1. The van der Waals surface area contributed by atoms with Gasteiger partial charge in [-0.2, -0.15) is 0 Å². The Labute approximate surface area is 162 Å². The first kappa shape index (κ1) is 17.7. The molecule has 4 rings (SSSR count). The normalized spacial score (nSPS) is 18.4. The lowest BCUT2D eigenvalue weighted by atomic mass is 9.95. The number of aliphatic hydroxyl groups is 1. The minimum absolute atomic E-state index is 0.103. The zero-order valence-electron chi connectivity index (χ0n) is 15.0. The van der Waals surface area contributed by atoms with Gasteiger partial charge >= 0.3 is 0 Å². The quantitative estimate of drug-likeness (QED) is 0.432. The Morgan fingerprint density at radius 1 is 0.929 bits per heavy atom. The molecule has 28 heavy (non-hydrogen) atoms. The molecule has 0 aliphatic carbocycles. The van der Waals surface area contributed by atoms with Crippen molar-refractivity contribution in [2.75, 3.05) is 0 Å². The Bertz CT molecular complexity index is 1030. The molecule has 1 amide bonds. The molecule has 5 heteroatoms. The van der Waals surface area contributed by atoms with Gasteiger partial charge in [0, 0.05) is 24.5 Å². The van der Waals surface area contributed by atoms with Gasteiger partial charge in [0.15, 0.2) is 0 Å². The van der Waals surface area contributed by atoms with E-state index in [1.54, 1.807) is 42.7 Å². The van der Waals surface area contributed by atoms with Crippen molar-refractivity contribution in [2.45, 2.75) is 12.6 Å². The monoisotopic (exact) mass is 370 g/mol. The highest BCUT2D eigenvalue weighted by atomic mass is 16.3. The van der Waals surface area contributed by atoms with E-state index in [9.17, 15) is 14.7 Å². The van der Waals surface area contributed by atoms with Gasteiger partial charge < -0.3 is 10.0 Å². The first-order valence-corrected chi connectivity index (χ1v) is 8.94. The molecule has 1 fully saturated rings. The van der Waals surface area contributed by atoms with Crippen LogP contribution in [0.4, 0.5) is 0 Å². The van der Waals surface area contributed by atoms with Crippen LogP contribution in [0.15, 0.2) is 90.8 Å². The van der Waals surface area contributed by atoms with Crippen LogP contribution in [0.3, 0.4) is 0 Å². The number of pyridine rings is 1. The van der Waals surface area contributed by atoms with Crippen LogP contribution >= 0.6 is 0 Å². The molecule has 0 radical (unpaired) electrons. The lowest BCUT2D eigenvalue weighted by molar-refractivity contribution is -0.140. The second kappa shape index (κ2) is 7.48. The van der Waals surface area contributed by atoms with E-state index in [1.165, 1.54) is 4.90 Å². The molecule has 138 valence electrons. The highest BCUT2D eigenvalue weighted by Crippen LogP contribution is 2.40. The van der Waals surface area contributed by atoms with Crippen LogP contribution in [-0.4, -0.2) is 26.7 Å². The van der Waals surface area contributed by atoms with Crippen LogP contribution in [0.25, 0.3) is 5.76 Å². The van der Waals surface area contributed by atoms with Crippen LogP contribution in [0.2, 0.25) is 0 Å². The van der Waals surface area contributed by atoms with E-state index in [0.29, 0.717) is 5.56 Å². The minimum Gasteiger partial charge on any atom is -0.507 e. The van der Waals surface area contributed by atoms with Gasteiger partial charge in [0.2, 0.25) is 0 Å². The molecule has 3 aromatic rings. The van der Waals surface area contributed by atoms with Crippen LogP contribution in [0, 0.1) is 0 Å². The first-order valence-electron chi connectivity index (χ1n) is 8.94. The van der Waals surface area contributed by atoms with Crippen molar-refractivity contribution in [3.8, 4) is 0 Å². The van der Waals surface area contributed by atoms with E-state index in [4.69, 9.17) is 0 Å². The molecule has 1 atom stereocenters. The zero-order chi connectivity index (χ0) is 19.5. The van der Waals surface area contributed by atoms with Crippen LogP contribution in [-0.2, 0) is 16.1 Å². The van der Waals surface area contributed by atoms with E-state index in [2.05, 4.69) is 4.98 Å². The number of likely N-dealkylation sites (tertiary alicyclic amines) is 1. The first-order chi connectivity index (χ1) is 13.7. The molecule has 1 unspecified atom stereocenters. The minimum atomic E-state index is -0.681. The molecule has 2 aromatic carbocycles. The number of benzene rings is 2. The summed E-state index contributed by atoms with van der Waals surface area (Å²) in [7, 11) is 0. The SMILES string of the molecule is O=C1C(=O)N(Cc2cccnc2)C(c2ccccc2)/C1=C(/O)c1ccccc1. The maximum absolute atomic E-state index is 12.9. The van der Waals surface area contributed by atoms with Crippen LogP contribution in [0.5, 0.6) is 0 Å². The largest absolute Gasteiger partial charge is 0.507 e. The third-order valence-corrected chi connectivity index (χ3v) is 4.78. The Morgan fingerprint density at radius 2 is 1.61 bits per heavy atom. The number of hydrogen-bond acceptors (Lipinski definition) is 4. The molecule has 5 nitrogen and oxygen atoms in total. The summed E-state index contributed by atoms with van der Waals surface area (Å²) in [6.07, 6.45) is 3.32. The Kier molecular flexibility index (Phi) is 4.72. The standard InChI is InChI=1S/C23H18N2O3/c26-21(18-11-5-2-6-12-18)19-20(17-9-3-1-4-10-17)25(23(28)22(19)27)15-16-8-7-13-24-14-16/h1-14,20,26H,15H2/b21-19-. The fraction of sp³-hybridized carbons (Fsp3) is 0.0870. The fourth-order valence-corrected chi connectivity index (χ4v) is 3.46. The fourth-order valence-electron chi connectivity index (χ4n) is 3.46. The third kappa shape index (κ3) is 3.18. The summed E-state index contributed by atoms with van der Waals surface area (Å²) >= 11 is 0. The van der Waals surface area contributed by atoms with Crippen molar-refractivity contribution in [2.24, 2.45) is 0 Å². The van der Waals surface area contributed by atoms with Gasteiger partial charge in [0.1, 0.15) is 5.76 Å². The average Bonchev–Trinajstić information content (AvgIpc) is 3.00. The van der Waals surface area contributed by atoms with Crippen molar-refractivity contribution in [3.05, 3.63) is 107 Å². The summed E-state index contributed by atoms with van der Waals surface area (Å²) in [4.78, 5) is 31.3. The number of ketones is 1. The third-order valence-electron chi connectivity index (χ3n) is 4.78. The van der Waals surface area contributed by atoms with E-state index < -0.39 is 17.7 Å². The van der Waals surface area contributed by atoms with Gasteiger partial charge in [-0.15, -0.1) is 0 Å². The van der Waals surface area contributed by atoms with Gasteiger partial charge in [-0.05, 0) is 17.2 Å². The molecule has 1 aliphatic rings. The van der Waals surface area contributed by atoms with E-state index in [1.807, 2.05) is 42.5 Å². The van der Waals surface area contributed by atoms with Crippen molar-refractivity contribution in [1.82, 2.24) is 9.88 Å². The van der Waals surface area contributed by atoms with E-state index in [-0.39, 0.29) is 17.9 Å². The molecular weight excluding hydrogens is 352 g/mol. The highest BCUT2D eigenvalue weighted by Gasteiger charge is 2.45. The van der Waals surface area contributed by atoms with Gasteiger partial charge in [-0.25, -0.2) is 0 Å². The lowest BCUT2D eigenvalue weighted by Crippen LogP contribution is -2.29. The molecule has 2 heterocycles. The topological polar surface area (TPSA) is 70.5 Å². The van der Waals surface area contributed by atoms with Crippen molar-refractivity contribution in [3.63, 3.8) is 0 Å². The number of carbonyl (C=O) groups excluding carboxylic acids is 2. The summed E-state index contributed by atoms with van der Waals surface area (Å²) in [6.45, 7) is 0.226. The molecule has 1 N–H and O–H groups in total. The Balaban J connectivity index is 1.85. The number of aromatic nitrogens is 1. The maximum Gasteiger partial charge on any atom is 0.295 e. The smallest absolute Gasteiger partial charge is 0.295 e. The molecule has 0 spiro atoms. The van der Waals surface area contributed by atoms with Gasteiger partial charge in [0.05, 0.1) is 11.6 Å². The van der Waals surface area contributed by atoms with Crippen LogP contribution in [0.1, 0.15) is 22.7 Å². The summed E-state index contributed by atoms with van der Waals surface area (Å²) in [5.41, 5.74) is 2.18. The van der Waals surface area contributed by atoms with Crippen molar-refractivity contribution < 1.29 is 14.7 Å². The van der Waals surface area contributed by atoms with Crippen LogP contribution < -0.4 is 0 Å². The molecule has 0 bridgehead atoms. The number of nitrogens with zero attached hydrogens (tertiary/aromatic N) is 2. The predicted octanol–water partition coefficient (Wildman–Crippen LogP) is 3.70. The van der Waals surface area contributed by atoms with Crippen molar-refractivity contribution >= 4 is 17.4 Å². The molecule has 1 aliphatic heterocycles. The number of Topliss-reactive ketones (excluding diaryl/α,β-unsaturated/α-hetero) is 1. The second-order valence-electron chi connectivity index (χ2n) is 6.56. The lowest BCUT2D eigenvalue weighted by Gasteiger charge is -2.25. The Hall–Kier alpha value is -3.73. The highest BCUT2D eigenvalue weighted by molar-refractivity contribution is 6.46. The number of rotatable bonds is 4.